The predicted molar refractivity (Wildman–Crippen MR) is 67.5 cm³/mol. The quantitative estimate of drug-likeness (QED) is 0.336. The number of ketones is 1. The van der Waals surface area contributed by atoms with Crippen LogP contribution in [0.3, 0.4) is 0 Å². The van der Waals surface area contributed by atoms with Gasteiger partial charge in [0, 0.05) is 11.6 Å². The summed E-state index contributed by atoms with van der Waals surface area (Å²) in [5.41, 5.74) is 0.932. The van der Waals surface area contributed by atoms with Crippen LogP contribution in [0.5, 0.6) is 0 Å². The van der Waals surface area contributed by atoms with Gasteiger partial charge in [-0.05, 0) is 26.0 Å². The van der Waals surface area contributed by atoms with Crippen molar-refractivity contribution in [3.63, 3.8) is 0 Å². The molecule has 0 spiro atoms. The SMILES string of the molecule is CCO/C=C/C(=O)c1ccc(C(=O)OCC)cc1. The number of carbonyl (C=O) groups is 2. The lowest BCUT2D eigenvalue weighted by Crippen LogP contribution is -2.05. The van der Waals surface area contributed by atoms with Gasteiger partial charge in [0.2, 0.25) is 0 Å². The number of ether oxygens (including phenoxy) is 2. The third-order valence-corrected chi connectivity index (χ3v) is 2.16. The maximum atomic E-state index is 11.6. The van der Waals surface area contributed by atoms with Crippen LogP contribution >= 0.6 is 0 Å². The minimum absolute atomic E-state index is 0.168. The Balaban J connectivity index is 2.70. The molecule has 0 aliphatic rings. The maximum Gasteiger partial charge on any atom is 0.338 e. The lowest BCUT2D eigenvalue weighted by Gasteiger charge is -2.02. The van der Waals surface area contributed by atoms with Crippen LogP contribution in [-0.2, 0) is 9.47 Å². The Labute approximate surface area is 106 Å². The van der Waals surface area contributed by atoms with Gasteiger partial charge in [0.25, 0.3) is 0 Å². The fourth-order valence-electron chi connectivity index (χ4n) is 1.29. The topological polar surface area (TPSA) is 52.6 Å². The van der Waals surface area contributed by atoms with Gasteiger partial charge in [-0.15, -0.1) is 0 Å². The van der Waals surface area contributed by atoms with Gasteiger partial charge < -0.3 is 9.47 Å². The molecule has 4 heteroatoms. The average Bonchev–Trinajstić information content (AvgIpc) is 2.39. The second-order valence-corrected chi connectivity index (χ2v) is 3.42. The molecule has 0 saturated heterocycles. The highest BCUT2D eigenvalue weighted by Crippen LogP contribution is 2.07. The average molecular weight is 248 g/mol. The Morgan fingerprint density at radius 1 is 1.06 bits per heavy atom. The number of carbonyl (C=O) groups excluding carboxylic acids is 2. The predicted octanol–water partition coefficient (Wildman–Crippen LogP) is 2.60. The van der Waals surface area contributed by atoms with Gasteiger partial charge in [0.15, 0.2) is 5.78 Å². The lowest BCUT2D eigenvalue weighted by molar-refractivity contribution is 0.0526. The van der Waals surface area contributed by atoms with Crippen LogP contribution in [0.4, 0.5) is 0 Å². The van der Waals surface area contributed by atoms with Gasteiger partial charge >= 0.3 is 5.97 Å². The summed E-state index contributed by atoms with van der Waals surface area (Å²) in [6.07, 6.45) is 2.71. The van der Waals surface area contributed by atoms with Crippen LogP contribution in [0.1, 0.15) is 34.6 Å². The third-order valence-electron chi connectivity index (χ3n) is 2.16. The summed E-state index contributed by atoms with van der Waals surface area (Å²) >= 11 is 0. The molecule has 1 aromatic carbocycles. The van der Waals surface area contributed by atoms with Crippen molar-refractivity contribution >= 4 is 11.8 Å². The zero-order valence-electron chi connectivity index (χ0n) is 10.5. The first-order valence-corrected chi connectivity index (χ1v) is 5.78. The van der Waals surface area contributed by atoms with E-state index in [-0.39, 0.29) is 11.8 Å². The molecule has 0 aliphatic heterocycles. The number of allylic oxidation sites excluding steroid dienone is 1. The van der Waals surface area contributed by atoms with Gasteiger partial charge in [-0.1, -0.05) is 12.1 Å². The Morgan fingerprint density at radius 2 is 1.67 bits per heavy atom. The molecule has 1 rings (SSSR count). The van der Waals surface area contributed by atoms with Crippen molar-refractivity contribution in [2.75, 3.05) is 13.2 Å². The molecule has 1 aromatic rings. The molecular weight excluding hydrogens is 232 g/mol. The molecule has 0 fully saturated rings. The Morgan fingerprint density at radius 3 is 2.22 bits per heavy atom. The zero-order valence-corrected chi connectivity index (χ0v) is 10.5. The molecule has 4 nitrogen and oxygen atoms in total. The normalized spacial score (nSPS) is 10.3. The molecule has 0 heterocycles. The van der Waals surface area contributed by atoms with Gasteiger partial charge in [-0.2, -0.15) is 0 Å². The fraction of sp³-hybridized carbons (Fsp3) is 0.286. The van der Waals surface area contributed by atoms with Crippen molar-refractivity contribution in [2.24, 2.45) is 0 Å². The van der Waals surface area contributed by atoms with E-state index >= 15 is 0 Å². The van der Waals surface area contributed by atoms with Crippen molar-refractivity contribution in [3.8, 4) is 0 Å². The molecule has 96 valence electrons. The van der Waals surface area contributed by atoms with Crippen LogP contribution in [0, 0.1) is 0 Å². The van der Waals surface area contributed by atoms with Gasteiger partial charge in [0.1, 0.15) is 0 Å². The minimum atomic E-state index is -0.388. The number of benzene rings is 1. The molecule has 0 N–H and O–H groups in total. The molecule has 18 heavy (non-hydrogen) atoms. The molecule has 0 unspecified atom stereocenters. The number of rotatable bonds is 6. The third kappa shape index (κ3) is 4.05. The van der Waals surface area contributed by atoms with E-state index < -0.39 is 0 Å². The van der Waals surface area contributed by atoms with E-state index in [0.29, 0.717) is 24.3 Å². The smallest absolute Gasteiger partial charge is 0.338 e. The molecule has 0 radical (unpaired) electrons. The summed E-state index contributed by atoms with van der Waals surface area (Å²) in [5.74, 6) is -0.555. The first-order chi connectivity index (χ1) is 8.69. The first kappa shape index (κ1) is 14.0. The molecule has 0 saturated carbocycles. The van der Waals surface area contributed by atoms with Crippen LogP contribution in [0.2, 0.25) is 0 Å². The van der Waals surface area contributed by atoms with Gasteiger partial charge in [0.05, 0.1) is 25.0 Å². The number of hydrogen-bond donors (Lipinski definition) is 0. The molecule has 0 aromatic heterocycles. The van der Waals surface area contributed by atoms with Crippen LogP contribution < -0.4 is 0 Å². The second-order valence-electron chi connectivity index (χ2n) is 3.42. The van der Waals surface area contributed by atoms with Crippen LogP contribution in [-0.4, -0.2) is 25.0 Å². The van der Waals surface area contributed by atoms with Crippen molar-refractivity contribution in [2.45, 2.75) is 13.8 Å². The standard InChI is InChI=1S/C14H16O4/c1-3-17-10-9-13(15)11-5-7-12(8-6-11)14(16)18-4-2/h5-10H,3-4H2,1-2H3/b10-9+. The zero-order chi connectivity index (χ0) is 13.4. The van der Waals surface area contributed by atoms with E-state index in [1.54, 1.807) is 31.2 Å². The highest BCUT2D eigenvalue weighted by Gasteiger charge is 2.07. The second kappa shape index (κ2) is 7.27. The van der Waals surface area contributed by atoms with E-state index in [2.05, 4.69) is 0 Å². The van der Waals surface area contributed by atoms with E-state index in [9.17, 15) is 9.59 Å². The van der Waals surface area contributed by atoms with Crippen molar-refractivity contribution in [1.82, 2.24) is 0 Å². The summed E-state index contributed by atoms with van der Waals surface area (Å²) < 4.78 is 9.79. The van der Waals surface area contributed by atoms with Crippen molar-refractivity contribution in [1.29, 1.82) is 0 Å². The Bertz CT molecular complexity index is 432. The lowest BCUT2D eigenvalue weighted by atomic mass is 10.1. The van der Waals surface area contributed by atoms with Crippen molar-refractivity contribution < 1.29 is 19.1 Å². The van der Waals surface area contributed by atoms with E-state index in [1.807, 2.05) is 6.92 Å². The molecule has 0 bridgehead atoms. The van der Waals surface area contributed by atoms with Gasteiger partial charge in [-0.25, -0.2) is 4.79 Å². The van der Waals surface area contributed by atoms with E-state index in [0.717, 1.165) is 0 Å². The fourth-order valence-corrected chi connectivity index (χ4v) is 1.29. The van der Waals surface area contributed by atoms with Crippen LogP contribution in [0.15, 0.2) is 36.6 Å². The van der Waals surface area contributed by atoms with E-state index in [1.165, 1.54) is 12.3 Å². The number of hydrogen-bond acceptors (Lipinski definition) is 4. The van der Waals surface area contributed by atoms with Gasteiger partial charge in [-0.3, -0.25) is 4.79 Å². The summed E-state index contributed by atoms with van der Waals surface area (Å²) in [6.45, 7) is 4.43. The van der Waals surface area contributed by atoms with Crippen molar-refractivity contribution in [3.05, 3.63) is 47.7 Å². The highest BCUT2D eigenvalue weighted by atomic mass is 16.5. The molecular formula is C14H16O4. The summed E-state index contributed by atoms with van der Waals surface area (Å²) in [6, 6.07) is 6.31. The van der Waals surface area contributed by atoms with Crippen LogP contribution in [0.25, 0.3) is 0 Å². The highest BCUT2D eigenvalue weighted by molar-refractivity contribution is 6.04. The maximum absolute atomic E-state index is 11.6. The monoisotopic (exact) mass is 248 g/mol. The van der Waals surface area contributed by atoms with E-state index in [4.69, 9.17) is 9.47 Å². The molecule has 0 aliphatic carbocycles. The molecule has 0 atom stereocenters. The molecule has 0 amide bonds. The first-order valence-electron chi connectivity index (χ1n) is 5.78. The minimum Gasteiger partial charge on any atom is -0.501 e. The Kier molecular flexibility index (Phi) is 5.64. The summed E-state index contributed by atoms with van der Waals surface area (Å²) in [4.78, 5) is 23.0. The summed E-state index contributed by atoms with van der Waals surface area (Å²) in [5, 5.41) is 0. The Hall–Kier alpha value is -2.10. The largest absolute Gasteiger partial charge is 0.501 e. The number of esters is 1. The summed E-state index contributed by atoms with van der Waals surface area (Å²) in [7, 11) is 0.